The van der Waals surface area contributed by atoms with Crippen molar-refractivity contribution in [1.29, 1.82) is 0 Å². The third kappa shape index (κ3) is 2.64. The van der Waals surface area contributed by atoms with Crippen LogP contribution < -0.4 is 0 Å². The summed E-state index contributed by atoms with van der Waals surface area (Å²) in [5.41, 5.74) is 0.293. The third-order valence-corrected chi connectivity index (χ3v) is 1.91. The van der Waals surface area contributed by atoms with Crippen molar-refractivity contribution < 1.29 is 9.18 Å². The van der Waals surface area contributed by atoms with Gasteiger partial charge in [0.2, 0.25) is 5.78 Å². The van der Waals surface area contributed by atoms with E-state index in [9.17, 15) is 9.18 Å². The lowest BCUT2D eigenvalue weighted by Gasteiger charge is -2.01. The molecule has 0 aliphatic carbocycles. The van der Waals surface area contributed by atoms with E-state index < -0.39 is 12.0 Å². The highest BCUT2D eigenvalue weighted by Crippen LogP contribution is 2.11. The molecule has 0 saturated heterocycles. The Balaban J connectivity index is 2.84. The zero-order valence-electron chi connectivity index (χ0n) is 7.58. The number of rotatable bonds is 3. The van der Waals surface area contributed by atoms with Gasteiger partial charge in [0.15, 0.2) is 6.17 Å². The van der Waals surface area contributed by atoms with E-state index in [0.717, 1.165) is 6.21 Å². The van der Waals surface area contributed by atoms with E-state index in [2.05, 4.69) is 4.99 Å². The lowest BCUT2D eigenvalue weighted by molar-refractivity contribution is 0.0928. The predicted molar refractivity (Wildman–Crippen MR) is 55.1 cm³/mol. The first kappa shape index (κ1) is 10.9. The minimum atomic E-state index is -1.68. The minimum absolute atomic E-state index is 0.293. The Bertz CT molecular complexity index is 348. The molecule has 0 spiro atoms. The maximum absolute atomic E-state index is 13.1. The van der Waals surface area contributed by atoms with Crippen molar-refractivity contribution in [2.75, 3.05) is 7.05 Å². The molecule has 0 N–H and O–H groups in total. The van der Waals surface area contributed by atoms with E-state index in [1.54, 1.807) is 12.1 Å². The summed E-state index contributed by atoms with van der Waals surface area (Å²) in [4.78, 5) is 14.8. The second kappa shape index (κ2) is 4.86. The fourth-order valence-corrected chi connectivity index (χ4v) is 1.10. The smallest absolute Gasteiger partial charge is 0.202 e. The number of nitrogens with zero attached hydrogens (tertiary/aromatic N) is 1. The molecular formula is C10H9ClFNO. The number of carbonyl (C=O) groups excluding carboxylic acids is 1. The third-order valence-electron chi connectivity index (χ3n) is 1.66. The van der Waals surface area contributed by atoms with Crippen LogP contribution in [0.15, 0.2) is 29.3 Å². The molecule has 2 nitrogen and oxygen atoms in total. The van der Waals surface area contributed by atoms with Crippen LogP contribution in [0.3, 0.4) is 0 Å². The van der Waals surface area contributed by atoms with E-state index in [0.29, 0.717) is 10.6 Å². The molecule has 4 heteroatoms. The molecule has 0 fully saturated rings. The zero-order valence-corrected chi connectivity index (χ0v) is 8.33. The highest BCUT2D eigenvalue weighted by atomic mass is 35.5. The van der Waals surface area contributed by atoms with Crippen molar-refractivity contribution in [3.05, 3.63) is 34.9 Å². The lowest BCUT2D eigenvalue weighted by Crippen LogP contribution is -2.16. The van der Waals surface area contributed by atoms with Crippen LogP contribution in [0.5, 0.6) is 0 Å². The fourth-order valence-electron chi connectivity index (χ4n) is 0.972. The van der Waals surface area contributed by atoms with Crippen molar-refractivity contribution in [2.45, 2.75) is 6.17 Å². The number of Topliss-reactive ketones (excluding diaryl/α,β-unsaturated/α-hetero) is 1. The van der Waals surface area contributed by atoms with Gasteiger partial charge in [0, 0.05) is 23.8 Å². The Hall–Kier alpha value is -1.22. The number of alkyl halides is 1. The van der Waals surface area contributed by atoms with E-state index in [4.69, 9.17) is 11.6 Å². The summed E-state index contributed by atoms with van der Waals surface area (Å²) in [5, 5.41) is 0.515. The first-order chi connectivity index (χ1) is 6.65. The molecule has 1 aromatic carbocycles. The van der Waals surface area contributed by atoms with Gasteiger partial charge in [-0.15, -0.1) is 0 Å². The molecule has 0 heterocycles. The highest BCUT2D eigenvalue weighted by Gasteiger charge is 2.16. The van der Waals surface area contributed by atoms with E-state index in [1.807, 2.05) is 0 Å². The van der Waals surface area contributed by atoms with Gasteiger partial charge in [0.1, 0.15) is 0 Å². The molecule has 0 aliphatic heterocycles. The number of benzene rings is 1. The fraction of sp³-hybridized carbons (Fsp3) is 0.200. The Morgan fingerprint density at radius 3 is 2.57 bits per heavy atom. The number of hydrogen-bond acceptors (Lipinski definition) is 2. The standard InChI is InChI=1S/C10H9ClFNO/c1-13-6-9(12)10(14)7-2-4-8(11)5-3-7/h2-6,9H,1H3. The van der Waals surface area contributed by atoms with Crippen LogP contribution in [-0.4, -0.2) is 25.2 Å². The normalized spacial score (nSPS) is 13.1. The number of hydrogen-bond donors (Lipinski definition) is 0. The van der Waals surface area contributed by atoms with Crippen LogP contribution in [0.1, 0.15) is 10.4 Å². The molecule has 1 unspecified atom stereocenters. The van der Waals surface area contributed by atoms with Crippen molar-refractivity contribution in [3.8, 4) is 0 Å². The molecule has 0 radical (unpaired) electrons. The minimum Gasteiger partial charge on any atom is -0.297 e. The largest absolute Gasteiger partial charge is 0.297 e. The van der Waals surface area contributed by atoms with Gasteiger partial charge < -0.3 is 0 Å². The van der Waals surface area contributed by atoms with Gasteiger partial charge in [0.05, 0.1) is 0 Å². The number of halogens is 2. The van der Waals surface area contributed by atoms with Gasteiger partial charge in [-0.1, -0.05) is 11.6 Å². The second-order valence-corrected chi connectivity index (χ2v) is 3.12. The monoisotopic (exact) mass is 213 g/mol. The molecule has 1 rings (SSSR count). The van der Waals surface area contributed by atoms with Crippen LogP contribution >= 0.6 is 11.6 Å². The summed E-state index contributed by atoms with van der Waals surface area (Å²) in [6.45, 7) is 0. The predicted octanol–water partition coefficient (Wildman–Crippen LogP) is 2.56. The molecule has 14 heavy (non-hydrogen) atoms. The van der Waals surface area contributed by atoms with Gasteiger partial charge in [-0.05, 0) is 24.3 Å². The topological polar surface area (TPSA) is 29.4 Å². The second-order valence-electron chi connectivity index (χ2n) is 2.68. The van der Waals surface area contributed by atoms with E-state index in [1.165, 1.54) is 19.2 Å². The average molecular weight is 214 g/mol. The van der Waals surface area contributed by atoms with Crippen molar-refractivity contribution in [1.82, 2.24) is 0 Å². The Morgan fingerprint density at radius 1 is 1.50 bits per heavy atom. The number of ketones is 1. The van der Waals surface area contributed by atoms with E-state index in [-0.39, 0.29) is 0 Å². The molecule has 1 atom stereocenters. The quantitative estimate of drug-likeness (QED) is 0.561. The first-order valence-corrected chi connectivity index (χ1v) is 4.39. The zero-order chi connectivity index (χ0) is 10.6. The average Bonchev–Trinajstić information content (AvgIpc) is 2.18. The molecule has 0 saturated carbocycles. The van der Waals surface area contributed by atoms with Crippen LogP contribution in [0.2, 0.25) is 5.02 Å². The lowest BCUT2D eigenvalue weighted by atomic mass is 10.1. The molecule has 0 aromatic heterocycles. The first-order valence-electron chi connectivity index (χ1n) is 4.01. The van der Waals surface area contributed by atoms with Gasteiger partial charge in [-0.25, -0.2) is 4.39 Å². The molecule has 74 valence electrons. The highest BCUT2D eigenvalue weighted by molar-refractivity contribution is 6.30. The maximum Gasteiger partial charge on any atom is 0.202 e. The van der Waals surface area contributed by atoms with Crippen LogP contribution in [-0.2, 0) is 0 Å². The summed E-state index contributed by atoms with van der Waals surface area (Å²) in [5.74, 6) is -0.604. The summed E-state index contributed by atoms with van der Waals surface area (Å²) in [6.07, 6.45) is -0.710. The summed E-state index contributed by atoms with van der Waals surface area (Å²) >= 11 is 5.63. The molecule has 0 amide bonds. The molecule has 0 bridgehead atoms. The Labute approximate surface area is 86.4 Å². The van der Waals surface area contributed by atoms with E-state index >= 15 is 0 Å². The van der Waals surface area contributed by atoms with Gasteiger partial charge in [0.25, 0.3) is 0 Å². The van der Waals surface area contributed by atoms with Gasteiger partial charge >= 0.3 is 0 Å². The van der Waals surface area contributed by atoms with Crippen molar-refractivity contribution in [2.24, 2.45) is 4.99 Å². The molecule has 1 aromatic rings. The Morgan fingerprint density at radius 2 is 2.07 bits per heavy atom. The van der Waals surface area contributed by atoms with Crippen molar-refractivity contribution in [3.63, 3.8) is 0 Å². The maximum atomic E-state index is 13.1. The van der Waals surface area contributed by atoms with Crippen molar-refractivity contribution >= 4 is 23.6 Å². The van der Waals surface area contributed by atoms with Gasteiger partial charge in [-0.2, -0.15) is 0 Å². The summed E-state index contributed by atoms with van der Waals surface area (Å²) in [6, 6.07) is 6.07. The Kier molecular flexibility index (Phi) is 3.77. The van der Waals surface area contributed by atoms with Gasteiger partial charge in [-0.3, -0.25) is 9.79 Å². The molecule has 0 aliphatic rings. The number of aliphatic imine (C=N–C) groups is 1. The SMILES string of the molecule is CN=CC(F)C(=O)c1ccc(Cl)cc1. The van der Waals surface area contributed by atoms with Crippen LogP contribution in [0, 0.1) is 0 Å². The number of carbonyl (C=O) groups is 1. The van der Waals surface area contributed by atoms with Crippen LogP contribution in [0.25, 0.3) is 0 Å². The summed E-state index contributed by atoms with van der Waals surface area (Å²) < 4.78 is 13.1. The van der Waals surface area contributed by atoms with Crippen LogP contribution in [0.4, 0.5) is 4.39 Å². The summed E-state index contributed by atoms with van der Waals surface area (Å²) in [7, 11) is 1.42. The molecular weight excluding hydrogens is 205 g/mol.